The Balaban J connectivity index is 2.59. The van der Waals surface area contributed by atoms with Crippen LogP contribution >= 0.6 is 31.9 Å². The summed E-state index contributed by atoms with van der Waals surface area (Å²) < 4.78 is 5.20. The predicted molar refractivity (Wildman–Crippen MR) is 63.2 cm³/mol. The van der Waals surface area contributed by atoms with Gasteiger partial charge in [0.2, 0.25) is 0 Å². The highest BCUT2D eigenvalue weighted by Crippen LogP contribution is 2.07. The highest BCUT2D eigenvalue weighted by Gasteiger charge is 2.12. The Kier molecular flexibility index (Phi) is 5.19. The SMILES string of the molecule is O=C(OC(CBr)CBr)c1ccccc1. The largest absolute Gasteiger partial charge is 0.457 e. The number of ether oxygens (including phenoxy) is 1. The van der Waals surface area contributed by atoms with Crippen molar-refractivity contribution in [2.45, 2.75) is 6.10 Å². The fourth-order valence-corrected chi connectivity index (χ4v) is 2.23. The van der Waals surface area contributed by atoms with E-state index in [0.717, 1.165) is 0 Å². The van der Waals surface area contributed by atoms with Gasteiger partial charge in [-0.05, 0) is 12.1 Å². The van der Waals surface area contributed by atoms with Crippen molar-refractivity contribution < 1.29 is 9.53 Å². The lowest BCUT2D eigenvalue weighted by Crippen LogP contribution is -2.20. The molecular weight excluding hydrogens is 312 g/mol. The van der Waals surface area contributed by atoms with Crippen LogP contribution in [0.1, 0.15) is 10.4 Å². The van der Waals surface area contributed by atoms with Gasteiger partial charge in [-0.3, -0.25) is 0 Å². The standard InChI is InChI=1S/C10H10Br2O2/c11-6-9(7-12)14-10(13)8-4-2-1-3-5-8/h1-5,9H,6-7H2. The van der Waals surface area contributed by atoms with Gasteiger partial charge < -0.3 is 4.74 Å². The molecule has 2 nitrogen and oxygen atoms in total. The summed E-state index contributed by atoms with van der Waals surface area (Å²) in [5, 5.41) is 1.27. The molecule has 4 heteroatoms. The van der Waals surface area contributed by atoms with Crippen molar-refractivity contribution in [2.24, 2.45) is 0 Å². The molecule has 76 valence electrons. The molecule has 0 aliphatic rings. The van der Waals surface area contributed by atoms with Crippen molar-refractivity contribution in [2.75, 3.05) is 10.7 Å². The summed E-state index contributed by atoms with van der Waals surface area (Å²) in [7, 11) is 0. The van der Waals surface area contributed by atoms with E-state index in [2.05, 4.69) is 31.9 Å². The average Bonchev–Trinajstić information content (AvgIpc) is 2.26. The molecule has 0 heterocycles. The van der Waals surface area contributed by atoms with E-state index in [4.69, 9.17) is 4.74 Å². The molecule has 0 amide bonds. The lowest BCUT2D eigenvalue weighted by Gasteiger charge is -2.12. The summed E-state index contributed by atoms with van der Waals surface area (Å²) >= 11 is 6.54. The lowest BCUT2D eigenvalue weighted by atomic mass is 10.2. The molecule has 1 aromatic rings. The fourth-order valence-electron chi connectivity index (χ4n) is 0.898. The Hall–Kier alpha value is -0.350. The first-order valence-electron chi connectivity index (χ1n) is 4.16. The van der Waals surface area contributed by atoms with Crippen LogP contribution in [0.15, 0.2) is 30.3 Å². The zero-order valence-corrected chi connectivity index (χ0v) is 10.6. The molecule has 0 aliphatic heterocycles. The van der Waals surface area contributed by atoms with E-state index in [1.807, 2.05) is 18.2 Å². The Bertz CT molecular complexity index is 283. The van der Waals surface area contributed by atoms with Gasteiger partial charge in [-0.2, -0.15) is 0 Å². The quantitative estimate of drug-likeness (QED) is 0.629. The number of benzene rings is 1. The van der Waals surface area contributed by atoms with Crippen LogP contribution in [-0.2, 0) is 4.74 Å². The van der Waals surface area contributed by atoms with Gasteiger partial charge in [-0.25, -0.2) is 4.79 Å². The molecule has 0 aromatic heterocycles. The minimum Gasteiger partial charge on any atom is -0.457 e. The molecule has 0 aliphatic carbocycles. The molecule has 14 heavy (non-hydrogen) atoms. The third kappa shape index (κ3) is 3.42. The van der Waals surface area contributed by atoms with Gasteiger partial charge in [-0.15, -0.1) is 0 Å². The maximum absolute atomic E-state index is 11.5. The molecule has 0 bridgehead atoms. The molecular formula is C10H10Br2O2. The number of halogens is 2. The fraction of sp³-hybridized carbons (Fsp3) is 0.300. The van der Waals surface area contributed by atoms with E-state index < -0.39 is 0 Å². The van der Waals surface area contributed by atoms with Crippen LogP contribution in [-0.4, -0.2) is 22.7 Å². The van der Waals surface area contributed by atoms with Crippen LogP contribution in [0.2, 0.25) is 0 Å². The second-order valence-electron chi connectivity index (χ2n) is 2.70. The highest BCUT2D eigenvalue weighted by molar-refractivity contribution is 9.09. The van der Waals surface area contributed by atoms with E-state index in [1.54, 1.807) is 12.1 Å². The van der Waals surface area contributed by atoms with Crippen molar-refractivity contribution in [3.05, 3.63) is 35.9 Å². The van der Waals surface area contributed by atoms with Crippen molar-refractivity contribution >= 4 is 37.8 Å². The maximum Gasteiger partial charge on any atom is 0.338 e. The first kappa shape index (κ1) is 11.7. The van der Waals surface area contributed by atoms with Gasteiger partial charge in [0.15, 0.2) is 0 Å². The summed E-state index contributed by atoms with van der Waals surface area (Å²) in [4.78, 5) is 11.5. The molecule has 0 saturated carbocycles. The van der Waals surface area contributed by atoms with E-state index in [-0.39, 0.29) is 12.1 Å². The van der Waals surface area contributed by atoms with Gasteiger partial charge in [0.25, 0.3) is 0 Å². The number of hydrogen-bond donors (Lipinski definition) is 0. The van der Waals surface area contributed by atoms with Crippen LogP contribution in [0, 0.1) is 0 Å². The maximum atomic E-state index is 11.5. The van der Waals surface area contributed by atoms with Gasteiger partial charge in [0.1, 0.15) is 6.10 Å². The Morgan fingerprint density at radius 1 is 1.21 bits per heavy atom. The molecule has 0 fully saturated rings. The van der Waals surface area contributed by atoms with E-state index in [0.29, 0.717) is 16.2 Å². The highest BCUT2D eigenvalue weighted by atomic mass is 79.9. The van der Waals surface area contributed by atoms with E-state index in [9.17, 15) is 4.79 Å². The molecule has 0 saturated heterocycles. The monoisotopic (exact) mass is 320 g/mol. The first-order valence-corrected chi connectivity index (χ1v) is 6.40. The van der Waals surface area contributed by atoms with Crippen LogP contribution in [0.4, 0.5) is 0 Å². The van der Waals surface area contributed by atoms with Crippen LogP contribution in [0.25, 0.3) is 0 Å². The van der Waals surface area contributed by atoms with Gasteiger partial charge in [0.05, 0.1) is 5.56 Å². The van der Waals surface area contributed by atoms with Crippen molar-refractivity contribution in [3.8, 4) is 0 Å². The molecule has 0 N–H and O–H groups in total. The van der Waals surface area contributed by atoms with Crippen molar-refractivity contribution in [1.29, 1.82) is 0 Å². The number of carbonyl (C=O) groups excluding carboxylic acids is 1. The summed E-state index contributed by atoms with van der Waals surface area (Å²) in [6.07, 6.45) is -0.122. The van der Waals surface area contributed by atoms with Gasteiger partial charge in [-0.1, -0.05) is 50.1 Å². The van der Waals surface area contributed by atoms with Gasteiger partial charge >= 0.3 is 5.97 Å². The molecule has 0 unspecified atom stereocenters. The van der Waals surface area contributed by atoms with Crippen molar-refractivity contribution in [3.63, 3.8) is 0 Å². The topological polar surface area (TPSA) is 26.3 Å². The van der Waals surface area contributed by atoms with E-state index in [1.165, 1.54) is 0 Å². The van der Waals surface area contributed by atoms with Crippen LogP contribution in [0.5, 0.6) is 0 Å². The number of rotatable bonds is 4. The van der Waals surface area contributed by atoms with E-state index >= 15 is 0 Å². The smallest absolute Gasteiger partial charge is 0.338 e. The second kappa shape index (κ2) is 6.19. The number of hydrogen-bond acceptors (Lipinski definition) is 2. The summed E-state index contributed by atoms with van der Waals surface area (Å²) in [5.41, 5.74) is 0.583. The molecule has 1 aromatic carbocycles. The summed E-state index contributed by atoms with van der Waals surface area (Å²) in [6, 6.07) is 8.97. The molecule has 0 spiro atoms. The number of carbonyl (C=O) groups is 1. The third-order valence-electron chi connectivity index (χ3n) is 1.63. The Labute approximate surface area is 99.9 Å². The minimum absolute atomic E-state index is 0.122. The average molecular weight is 322 g/mol. The van der Waals surface area contributed by atoms with Crippen LogP contribution in [0.3, 0.4) is 0 Å². The molecule has 1 rings (SSSR count). The lowest BCUT2D eigenvalue weighted by molar-refractivity contribution is 0.0398. The summed E-state index contributed by atoms with van der Waals surface area (Å²) in [6.45, 7) is 0. The number of alkyl halides is 2. The normalized spacial score (nSPS) is 10.2. The predicted octanol–water partition coefficient (Wildman–Crippen LogP) is 3.00. The third-order valence-corrected chi connectivity index (χ3v) is 3.07. The van der Waals surface area contributed by atoms with Gasteiger partial charge in [0, 0.05) is 10.7 Å². The van der Waals surface area contributed by atoms with Crippen LogP contribution < -0.4 is 0 Å². The zero-order valence-electron chi connectivity index (χ0n) is 7.45. The minimum atomic E-state index is -0.283. The first-order chi connectivity index (χ1) is 6.77. The zero-order chi connectivity index (χ0) is 10.4. The summed E-state index contributed by atoms with van der Waals surface area (Å²) in [5.74, 6) is -0.283. The number of esters is 1. The second-order valence-corrected chi connectivity index (χ2v) is 4.00. The Morgan fingerprint density at radius 3 is 2.29 bits per heavy atom. The molecule has 0 radical (unpaired) electrons. The molecule has 0 atom stereocenters. The Morgan fingerprint density at radius 2 is 1.79 bits per heavy atom. The van der Waals surface area contributed by atoms with Crippen molar-refractivity contribution in [1.82, 2.24) is 0 Å².